The highest BCUT2D eigenvalue weighted by Crippen LogP contribution is 2.23. The van der Waals surface area contributed by atoms with Gasteiger partial charge in [0.05, 0.1) is 12.5 Å². The molecule has 2 rings (SSSR count). The third kappa shape index (κ3) is 3.39. The van der Waals surface area contributed by atoms with Crippen molar-refractivity contribution in [3.05, 3.63) is 64.7 Å². The highest BCUT2D eigenvalue weighted by Gasteiger charge is 2.08. The van der Waals surface area contributed by atoms with Crippen molar-refractivity contribution in [2.75, 3.05) is 5.32 Å². The number of aryl methyl sites for hydroxylation is 2. The van der Waals surface area contributed by atoms with Crippen LogP contribution in [-0.2, 0) is 6.42 Å². The molecule has 0 saturated carbocycles. The molecule has 1 N–H and O–H groups in total. The normalized spacial score (nSPS) is 11.7. The monoisotopic (exact) mass is 264 g/mol. The molecule has 20 heavy (non-hydrogen) atoms. The predicted molar refractivity (Wildman–Crippen MR) is 83.7 cm³/mol. The van der Waals surface area contributed by atoms with Gasteiger partial charge in [0.25, 0.3) is 0 Å². The first-order chi connectivity index (χ1) is 9.60. The van der Waals surface area contributed by atoms with E-state index < -0.39 is 0 Å². The minimum atomic E-state index is 0.261. The van der Waals surface area contributed by atoms with Crippen LogP contribution in [0, 0.1) is 25.2 Å². The molecule has 102 valence electrons. The molecule has 0 aromatic heterocycles. The van der Waals surface area contributed by atoms with E-state index in [4.69, 9.17) is 5.26 Å². The first-order valence-corrected chi connectivity index (χ1v) is 6.89. The van der Waals surface area contributed by atoms with Gasteiger partial charge in [-0.25, -0.2) is 0 Å². The molecular formula is C18H20N2. The molecule has 0 aliphatic rings. The van der Waals surface area contributed by atoms with E-state index in [1.54, 1.807) is 0 Å². The van der Waals surface area contributed by atoms with Gasteiger partial charge >= 0.3 is 0 Å². The van der Waals surface area contributed by atoms with E-state index in [2.05, 4.69) is 50.4 Å². The fraction of sp³-hybridized carbons (Fsp3) is 0.278. The summed E-state index contributed by atoms with van der Waals surface area (Å²) in [4.78, 5) is 0. The Bertz CT molecular complexity index is 621. The highest BCUT2D eigenvalue weighted by molar-refractivity contribution is 5.48. The summed E-state index contributed by atoms with van der Waals surface area (Å²) >= 11 is 0. The number of nitrogens with zero attached hydrogens (tertiary/aromatic N) is 1. The van der Waals surface area contributed by atoms with E-state index in [0.29, 0.717) is 6.42 Å². The van der Waals surface area contributed by atoms with E-state index in [-0.39, 0.29) is 6.04 Å². The average molecular weight is 264 g/mol. The largest absolute Gasteiger partial charge is 0.379 e. The molecule has 2 nitrogen and oxygen atoms in total. The van der Waals surface area contributed by atoms with Crippen molar-refractivity contribution in [1.82, 2.24) is 0 Å². The van der Waals surface area contributed by atoms with Crippen LogP contribution in [0.1, 0.15) is 35.2 Å². The highest BCUT2D eigenvalue weighted by atomic mass is 14.9. The van der Waals surface area contributed by atoms with Crippen molar-refractivity contribution < 1.29 is 0 Å². The van der Waals surface area contributed by atoms with Gasteiger partial charge in [0.15, 0.2) is 0 Å². The Morgan fingerprint density at radius 2 is 1.80 bits per heavy atom. The summed E-state index contributed by atoms with van der Waals surface area (Å²) in [6, 6.07) is 17.0. The Labute approximate surface area is 121 Å². The van der Waals surface area contributed by atoms with Crippen molar-refractivity contribution in [3.8, 4) is 6.07 Å². The topological polar surface area (TPSA) is 35.8 Å². The SMILES string of the molecule is Cc1ccc(C)c(C(C)Nc2ccc(CC#N)cc2)c1. The van der Waals surface area contributed by atoms with Crippen LogP contribution in [0.3, 0.4) is 0 Å². The maximum Gasteiger partial charge on any atom is 0.0669 e. The van der Waals surface area contributed by atoms with Crippen LogP contribution in [0.4, 0.5) is 5.69 Å². The van der Waals surface area contributed by atoms with Gasteiger partial charge in [-0.05, 0) is 49.6 Å². The summed E-state index contributed by atoms with van der Waals surface area (Å²) in [5.41, 5.74) is 6.05. The van der Waals surface area contributed by atoms with Crippen molar-refractivity contribution >= 4 is 5.69 Å². The van der Waals surface area contributed by atoms with Crippen molar-refractivity contribution in [3.63, 3.8) is 0 Å². The van der Waals surface area contributed by atoms with Crippen LogP contribution < -0.4 is 5.32 Å². The lowest BCUT2D eigenvalue weighted by Gasteiger charge is -2.18. The molecule has 0 bridgehead atoms. The second-order valence-corrected chi connectivity index (χ2v) is 5.26. The van der Waals surface area contributed by atoms with Crippen molar-refractivity contribution in [2.24, 2.45) is 0 Å². The fourth-order valence-electron chi connectivity index (χ4n) is 2.36. The molecule has 0 spiro atoms. The number of anilines is 1. The van der Waals surface area contributed by atoms with Gasteiger partial charge in [0, 0.05) is 11.7 Å². The van der Waals surface area contributed by atoms with Crippen LogP contribution in [0.15, 0.2) is 42.5 Å². The molecule has 1 atom stereocenters. The van der Waals surface area contributed by atoms with Crippen molar-refractivity contribution in [2.45, 2.75) is 33.2 Å². The molecule has 2 aromatic carbocycles. The van der Waals surface area contributed by atoms with Gasteiger partial charge in [0.2, 0.25) is 0 Å². The molecule has 1 unspecified atom stereocenters. The smallest absolute Gasteiger partial charge is 0.0669 e. The number of rotatable bonds is 4. The van der Waals surface area contributed by atoms with E-state index in [0.717, 1.165) is 11.3 Å². The maximum atomic E-state index is 8.67. The quantitative estimate of drug-likeness (QED) is 0.879. The Hall–Kier alpha value is -2.27. The minimum Gasteiger partial charge on any atom is -0.379 e. The lowest BCUT2D eigenvalue weighted by atomic mass is 9.99. The van der Waals surface area contributed by atoms with Crippen LogP contribution >= 0.6 is 0 Å². The van der Waals surface area contributed by atoms with Gasteiger partial charge in [-0.15, -0.1) is 0 Å². The molecule has 0 heterocycles. The summed E-state index contributed by atoms with van der Waals surface area (Å²) in [6.45, 7) is 6.43. The standard InChI is InChI=1S/C18H20N2/c1-13-4-5-14(2)18(12-13)15(3)20-17-8-6-16(7-9-17)10-11-19/h4-9,12,15,20H,10H2,1-3H3. The summed E-state index contributed by atoms with van der Waals surface area (Å²) in [7, 11) is 0. The number of benzene rings is 2. The lowest BCUT2D eigenvalue weighted by Crippen LogP contribution is -2.08. The Balaban J connectivity index is 2.13. The Kier molecular flexibility index (Phi) is 4.42. The Morgan fingerprint density at radius 3 is 2.45 bits per heavy atom. The fourth-order valence-corrected chi connectivity index (χ4v) is 2.36. The molecular weight excluding hydrogens is 244 g/mol. The van der Waals surface area contributed by atoms with Gasteiger partial charge < -0.3 is 5.32 Å². The van der Waals surface area contributed by atoms with E-state index in [1.807, 2.05) is 24.3 Å². The molecule has 2 heteroatoms. The Morgan fingerprint density at radius 1 is 1.10 bits per heavy atom. The average Bonchev–Trinajstić information content (AvgIpc) is 2.44. The first kappa shape index (κ1) is 14.1. The van der Waals surface area contributed by atoms with Crippen LogP contribution in [-0.4, -0.2) is 0 Å². The van der Waals surface area contributed by atoms with Gasteiger partial charge in [0.1, 0.15) is 0 Å². The number of nitriles is 1. The zero-order chi connectivity index (χ0) is 14.5. The van der Waals surface area contributed by atoms with Gasteiger partial charge in [-0.1, -0.05) is 35.9 Å². The molecule has 0 fully saturated rings. The molecule has 0 aliphatic carbocycles. The number of nitrogens with one attached hydrogen (secondary N) is 1. The van der Waals surface area contributed by atoms with E-state index in [1.165, 1.54) is 16.7 Å². The maximum absolute atomic E-state index is 8.67. The lowest BCUT2D eigenvalue weighted by molar-refractivity contribution is 0.872. The van der Waals surface area contributed by atoms with Gasteiger partial charge in [-0.3, -0.25) is 0 Å². The second-order valence-electron chi connectivity index (χ2n) is 5.26. The molecule has 2 aromatic rings. The summed E-state index contributed by atoms with van der Waals surface area (Å²) in [5.74, 6) is 0. The first-order valence-electron chi connectivity index (χ1n) is 6.89. The molecule has 0 radical (unpaired) electrons. The zero-order valence-corrected chi connectivity index (χ0v) is 12.3. The molecule has 0 saturated heterocycles. The molecule has 0 amide bonds. The predicted octanol–water partition coefficient (Wildman–Crippen LogP) is 4.54. The van der Waals surface area contributed by atoms with Crippen LogP contribution in [0.25, 0.3) is 0 Å². The minimum absolute atomic E-state index is 0.261. The summed E-state index contributed by atoms with van der Waals surface area (Å²) < 4.78 is 0. The number of hydrogen-bond donors (Lipinski definition) is 1. The van der Waals surface area contributed by atoms with Crippen LogP contribution in [0.2, 0.25) is 0 Å². The van der Waals surface area contributed by atoms with E-state index in [9.17, 15) is 0 Å². The van der Waals surface area contributed by atoms with Crippen molar-refractivity contribution in [1.29, 1.82) is 5.26 Å². The van der Waals surface area contributed by atoms with E-state index >= 15 is 0 Å². The zero-order valence-electron chi connectivity index (χ0n) is 12.3. The third-order valence-electron chi connectivity index (χ3n) is 3.52. The summed E-state index contributed by atoms with van der Waals surface area (Å²) in [6.07, 6.45) is 0.465. The van der Waals surface area contributed by atoms with Gasteiger partial charge in [-0.2, -0.15) is 5.26 Å². The summed E-state index contributed by atoms with van der Waals surface area (Å²) in [5, 5.41) is 12.2. The third-order valence-corrected chi connectivity index (χ3v) is 3.52. The number of hydrogen-bond acceptors (Lipinski definition) is 2. The van der Waals surface area contributed by atoms with Crippen LogP contribution in [0.5, 0.6) is 0 Å². The second kappa shape index (κ2) is 6.25. The molecule has 0 aliphatic heterocycles.